The fraction of sp³-hybridized carbons (Fsp3) is 0.292. The van der Waals surface area contributed by atoms with Crippen LogP contribution >= 0.6 is 11.8 Å². The second kappa shape index (κ2) is 9.88. The van der Waals surface area contributed by atoms with Gasteiger partial charge in [-0.2, -0.15) is 5.26 Å². The fourth-order valence-corrected chi connectivity index (χ4v) is 5.03. The highest BCUT2D eigenvalue weighted by molar-refractivity contribution is 8.03. The van der Waals surface area contributed by atoms with Crippen molar-refractivity contribution < 1.29 is 25.2 Å². The predicted octanol–water partition coefficient (Wildman–Crippen LogP) is 1.68. The Hall–Kier alpha value is -2.64. The van der Waals surface area contributed by atoms with Crippen molar-refractivity contribution in [1.82, 2.24) is 5.32 Å². The number of nitriles is 1. The van der Waals surface area contributed by atoms with Crippen LogP contribution in [0, 0.1) is 11.3 Å². The smallest absolute Gasteiger partial charge is 0.138 e. The zero-order chi connectivity index (χ0) is 22.7. The Kier molecular flexibility index (Phi) is 6.96. The number of hydrogen-bond acceptors (Lipinski definition) is 8. The lowest BCUT2D eigenvalue weighted by Crippen LogP contribution is -2.57. The molecule has 5 N–H and O–H groups in total. The molecule has 0 saturated carbocycles. The van der Waals surface area contributed by atoms with Crippen LogP contribution in [0.4, 0.5) is 0 Å². The van der Waals surface area contributed by atoms with Gasteiger partial charge in [0.25, 0.3) is 0 Å². The molecule has 2 aromatic rings. The third-order valence-electron chi connectivity index (χ3n) is 5.58. The van der Waals surface area contributed by atoms with E-state index in [-0.39, 0.29) is 5.92 Å². The van der Waals surface area contributed by atoms with Gasteiger partial charge in [-0.15, -0.1) is 0 Å². The van der Waals surface area contributed by atoms with Gasteiger partial charge in [0.1, 0.15) is 29.9 Å². The van der Waals surface area contributed by atoms with Gasteiger partial charge < -0.3 is 30.5 Å². The molecule has 166 valence electrons. The molecule has 0 radical (unpaired) electrons. The lowest BCUT2D eigenvalue weighted by Gasteiger charge is -2.40. The van der Waals surface area contributed by atoms with Crippen molar-refractivity contribution in [2.24, 2.45) is 0 Å². The average Bonchev–Trinajstić information content (AvgIpc) is 2.85. The van der Waals surface area contributed by atoms with Crippen LogP contribution in [0.1, 0.15) is 17.0 Å². The van der Waals surface area contributed by atoms with E-state index in [1.807, 2.05) is 66.7 Å². The molecular formula is C24H24N2O5S. The van der Waals surface area contributed by atoms with Gasteiger partial charge in [-0.25, -0.2) is 0 Å². The topological polar surface area (TPSA) is 126 Å². The van der Waals surface area contributed by atoms with Crippen LogP contribution in [0.2, 0.25) is 0 Å². The number of hydrogen-bond donors (Lipinski definition) is 5. The Morgan fingerprint density at radius 2 is 1.59 bits per heavy atom. The maximum absolute atomic E-state index is 10.5. The zero-order valence-electron chi connectivity index (χ0n) is 17.1. The van der Waals surface area contributed by atoms with E-state index in [1.54, 1.807) is 0 Å². The largest absolute Gasteiger partial charge is 0.394 e. The number of thioether (sulfide) groups is 1. The Morgan fingerprint density at radius 3 is 2.22 bits per heavy atom. The van der Waals surface area contributed by atoms with E-state index in [9.17, 15) is 25.7 Å². The first kappa shape index (κ1) is 22.6. The molecule has 1 fully saturated rings. The van der Waals surface area contributed by atoms with Gasteiger partial charge >= 0.3 is 0 Å². The fourth-order valence-electron chi connectivity index (χ4n) is 3.83. The number of benzene rings is 2. The second-order valence-electron chi connectivity index (χ2n) is 7.63. The normalized spacial score (nSPS) is 30.3. The summed E-state index contributed by atoms with van der Waals surface area (Å²) < 4.78 is 5.66. The molecule has 4 rings (SSSR count). The Balaban J connectivity index is 1.72. The number of aliphatic hydroxyl groups is 4. The van der Waals surface area contributed by atoms with E-state index in [0.29, 0.717) is 10.6 Å². The number of ether oxygens (including phenoxy) is 1. The van der Waals surface area contributed by atoms with Gasteiger partial charge in [0.15, 0.2) is 0 Å². The maximum Gasteiger partial charge on any atom is 0.138 e. The molecule has 0 spiro atoms. The van der Waals surface area contributed by atoms with Crippen LogP contribution in [-0.2, 0) is 4.74 Å². The monoisotopic (exact) mass is 452 g/mol. The molecule has 6 atom stereocenters. The van der Waals surface area contributed by atoms with E-state index in [4.69, 9.17) is 4.74 Å². The first-order valence-electron chi connectivity index (χ1n) is 10.2. The number of dihydropyridines is 1. The van der Waals surface area contributed by atoms with E-state index < -0.39 is 36.5 Å². The van der Waals surface area contributed by atoms with E-state index in [2.05, 4.69) is 11.4 Å². The van der Waals surface area contributed by atoms with Crippen molar-refractivity contribution in [3.63, 3.8) is 0 Å². The summed E-state index contributed by atoms with van der Waals surface area (Å²) >= 11 is 1.05. The minimum Gasteiger partial charge on any atom is -0.394 e. The molecule has 0 bridgehead atoms. The number of allylic oxidation sites excluding steroid dienone is 2. The standard InChI is InChI=1S/C24H24N2O5S/c25-12-17-16(14-7-3-1-4-8-14)11-18(15-9-5-2-6-10-15)26-23(17)32-24-22(30)21(29)20(28)19(13-27)31-24/h1-11,16,19-22,24,26-30H,13H2/t16?,19-,20+,21+,22-,24+/m1/s1. The summed E-state index contributed by atoms with van der Waals surface area (Å²) in [4.78, 5) is 0. The minimum absolute atomic E-state index is 0.329. The SMILES string of the molecule is N#CC1=C(S[C@@H]2O[C@H](CO)[C@H](O)[C@H](O)[C@H]2O)NC(c2ccccc2)=CC1c1ccccc1. The molecule has 0 amide bonds. The molecular weight excluding hydrogens is 428 g/mol. The van der Waals surface area contributed by atoms with Gasteiger partial charge in [-0.05, 0) is 17.2 Å². The predicted molar refractivity (Wildman–Crippen MR) is 121 cm³/mol. The summed E-state index contributed by atoms with van der Waals surface area (Å²) in [6.45, 7) is -0.513. The molecule has 32 heavy (non-hydrogen) atoms. The minimum atomic E-state index is -1.48. The molecule has 0 aliphatic carbocycles. The summed E-state index contributed by atoms with van der Waals surface area (Å²) in [5.41, 5.74) is 2.11. The van der Waals surface area contributed by atoms with Crippen molar-refractivity contribution in [3.05, 3.63) is 88.5 Å². The molecule has 2 aliphatic heterocycles. The summed E-state index contributed by atoms with van der Waals surface area (Å²) in [7, 11) is 0. The second-order valence-corrected chi connectivity index (χ2v) is 8.74. The van der Waals surface area contributed by atoms with Crippen LogP contribution in [0.3, 0.4) is 0 Å². The van der Waals surface area contributed by atoms with Crippen LogP contribution in [0.25, 0.3) is 5.70 Å². The van der Waals surface area contributed by atoms with Crippen molar-refractivity contribution in [3.8, 4) is 6.07 Å². The van der Waals surface area contributed by atoms with Gasteiger partial charge in [0.05, 0.1) is 23.3 Å². The highest BCUT2D eigenvalue weighted by Crippen LogP contribution is 2.41. The number of rotatable bonds is 5. The van der Waals surface area contributed by atoms with Crippen LogP contribution in [-0.4, -0.2) is 56.9 Å². The summed E-state index contributed by atoms with van der Waals surface area (Å²) in [5.74, 6) is -0.329. The van der Waals surface area contributed by atoms with E-state index in [1.165, 1.54) is 0 Å². The van der Waals surface area contributed by atoms with Crippen LogP contribution in [0.5, 0.6) is 0 Å². The molecule has 2 aromatic carbocycles. The van der Waals surface area contributed by atoms with Gasteiger partial charge in [-0.3, -0.25) is 0 Å². The molecule has 1 unspecified atom stereocenters. The van der Waals surface area contributed by atoms with Crippen molar-refractivity contribution in [2.75, 3.05) is 6.61 Å². The summed E-state index contributed by atoms with van der Waals surface area (Å²) in [5, 5.41) is 54.0. The number of nitrogens with one attached hydrogen (secondary N) is 1. The molecule has 2 heterocycles. The highest BCUT2D eigenvalue weighted by atomic mass is 32.2. The van der Waals surface area contributed by atoms with Crippen molar-refractivity contribution >= 4 is 17.5 Å². The lowest BCUT2D eigenvalue weighted by molar-refractivity contribution is -0.205. The zero-order valence-corrected chi connectivity index (χ0v) is 17.9. The van der Waals surface area contributed by atoms with E-state index >= 15 is 0 Å². The van der Waals surface area contributed by atoms with Gasteiger partial charge in [0, 0.05) is 11.6 Å². The number of nitrogens with zero attached hydrogens (tertiary/aromatic N) is 1. The molecule has 7 nitrogen and oxygen atoms in total. The summed E-state index contributed by atoms with van der Waals surface area (Å²) in [6.07, 6.45) is -3.36. The van der Waals surface area contributed by atoms with Crippen LogP contribution < -0.4 is 5.32 Å². The van der Waals surface area contributed by atoms with Crippen molar-refractivity contribution in [2.45, 2.75) is 35.8 Å². The average molecular weight is 453 g/mol. The van der Waals surface area contributed by atoms with Gasteiger partial charge in [0.2, 0.25) is 0 Å². The Bertz CT molecular complexity index is 1040. The van der Waals surface area contributed by atoms with Gasteiger partial charge in [-0.1, -0.05) is 72.4 Å². The molecule has 8 heteroatoms. The quantitative estimate of drug-likeness (QED) is 0.464. The third kappa shape index (κ3) is 4.45. The first-order valence-corrected chi connectivity index (χ1v) is 11.1. The Labute approximate surface area is 190 Å². The maximum atomic E-state index is 10.5. The first-order chi connectivity index (χ1) is 15.5. The molecule has 2 aliphatic rings. The number of aliphatic hydroxyl groups excluding tert-OH is 4. The van der Waals surface area contributed by atoms with E-state index in [0.717, 1.165) is 28.6 Å². The van der Waals surface area contributed by atoms with Crippen LogP contribution in [0.15, 0.2) is 77.3 Å². The lowest BCUT2D eigenvalue weighted by atomic mass is 9.88. The molecule has 0 aromatic heterocycles. The summed E-state index contributed by atoms with van der Waals surface area (Å²) in [6, 6.07) is 21.6. The highest BCUT2D eigenvalue weighted by Gasteiger charge is 2.44. The third-order valence-corrected chi connectivity index (χ3v) is 6.76. The Morgan fingerprint density at radius 1 is 0.938 bits per heavy atom. The molecule has 1 saturated heterocycles. The van der Waals surface area contributed by atoms with Crippen molar-refractivity contribution in [1.29, 1.82) is 5.26 Å².